The van der Waals surface area contributed by atoms with Gasteiger partial charge in [-0.05, 0) is 13.8 Å². The van der Waals surface area contributed by atoms with Gasteiger partial charge in [0.25, 0.3) is 0 Å². The second-order valence-electron chi connectivity index (χ2n) is 3.17. The Kier molecular flexibility index (Phi) is 3.40. The molecule has 0 aromatic carbocycles. The van der Waals surface area contributed by atoms with Gasteiger partial charge in [0.05, 0.1) is 6.04 Å². The molecule has 1 unspecified atom stereocenters. The van der Waals surface area contributed by atoms with Crippen LogP contribution in [0.15, 0.2) is 0 Å². The van der Waals surface area contributed by atoms with Crippen molar-refractivity contribution in [2.24, 2.45) is 0 Å². The number of ketones is 1. The highest BCUT2D eigenvalue weighted by Crippen LogP contribution is 2.05. The van der Waals surface area contributed by atoms with E-state index in [2.05, 4.69) is 4.90 Å². The molecule has 1 atom stereocenters. The first-order chi connectivity index (χ1) is 5.61. The third kappa shape index (κ3) is 2.38. The fraction of sp³-hybridized carbons (Fsp3) is 0.875. The van der Waals surface area contributed by atoms with E-state index in [1.54, 1.807) is 6.92 Å². The minimum Gasteiger partial charge on any atom is -0.298 e. The molecule has 1 heterocycles. The first-order valence-electron chi connectivity index (χ1n) is 4.20. The largest absolute Gasteiger partial charge is 0.298 e. The van der Waals surface area contributed by atoms with Gasteiger partial charge < -0.3 is 0 Å². The fourth-order valence-corrected chi connectivity index (χ4v) is 2.38. The Morgan fingerprint density at radius 3 is 2.33 bits per heavy atom. The quantitative estimate of drug-likeness (QED) is 0.615. The van der Waals surface area contributed by atoms with Crippen LogP contribution in [0.2, 0.25) is 0 Å². The van der Waals surface area contributed by atoms with Crippen LogP contribution in [0.5, 0.6) is 0 Å². The molecule has 12 heavy (non-hydrogen) atoms. The number of Topliss-reactive ketones (excluding diaryl/α,β-unsaturated/α-hetero) is 1. The molecule has 1 fully saturated rings. The summed E-state index contributed by atoms with van der Waals surface area (Å²) in [5.41, 5.74) is 0. The Morgan fingerprint density at radius 2 is 1.92 bits per heavy atom. The summed E-state index contributed by atoms with van der Waals surface area (Å²) in [6.45, 7) is 5.12. The Bertz CT molecular complexity index is 195. The smallest absolute Gasteiger partial charge is 0.146 e. The van der Waals surface area contributed by atoms with Crippen molar-refractivity contribution in [1.82, 2.24) is 4.90 Å². The summed E-state index contributed by atoms with van der Waals surface area (Å²) in [5, 5.41) is 0. The van der Waals surface area contributed by atoms with Gasteiger partial charge in [0.15, 0.2) is 0 Å². The summed E-state index contributed by atoms with van der Waals surface area (Å²) >= 11 is 0. The van der Waals surface area contributed by atoms with Gasteiger partial charge in [0.1, 0.15) is 5.78 Å². The van der Waals surface area contributed by atoms with E-state index in [1.165, 1.54) is 0 Å². The molecular formula is C8H15NO2S. The van der Waals surface area contributed by atoms with E-state index in [0.717, 1.165) is 24.6 Å². The van der Waals surface area contributed by atoms with Crippen molar-refractivity contribution >= 4 is 16.6 Å². The lowest BCUT2D eigenvalue weighted by Crippen LogP contribution is -2.45. The minimum atomic E-state index is -0.644. The Morgan fingerprint density at radius 1 is 1.42 bits per heavy atom. The van der Waals surface area contributed by atoms with Crippen molar-refractivity contribution in [1.29, 1.82) is 0 Å². The van der Waals surface area contributed by atoms with E-state index < -0.39 is 10.8 Å². The van der Waals surface area contributed by atoms with Crippen LogP contribution in [0.3, 0.4) is 0 Å². The van der Waals surface area contributed by atoms with Crippen LogP contribution in [-0.2, 0) is 15.6 Å². The van der Waals surface area contributed by atoms with Crippen molar-refractivity contribution < 1.29 is 9.00 Å². The van der Waals surface area contributed by atoms with Crippen LogP contribution >= 0.6 is 0 Å². The van der Waals surface area contributed by atoms with Crippen molar-refractivity contribution in [3.63, 3.8) is 0 Å². The topological polar surface area (TPSA) is 37.4 Å². The maximum Gasteiger partial charge on any atom is 0.146 e. The van der Waals surface area contributed by atoms with E-state index >= 15 is 0 Å². The number of hydrogen-bond donors (Lipinski definition) is 0. The van der Waals surface area contributed by atoms with E-state index in [-0.39, 0.29) is 11.8 Å². The van der Waals surface area contributed by atoms with E-state index in [4.69, 9.17) is 0 Å². The molecule has 1 aliphatic heterocycles. The molecule has 0 aromatic heterocycles. The molecule has 0 saturated carbocycles. The molecule has 70 valence electrons. The van der Waals surface area contributed by atoms with Crippen LogP contribution in [0.1, 0.15) is 13.8 Å². The monoisotopic (exact) mass is 189 g/mol. The first kappa shape index (κ1) is 9.86. The van der Waals surface area contributed by atoms with Gasteiger partial charge >= 0.3 is 0 Å². The van der Waals surface area contributed by atoms with Crippen LogP contribution in [0, 0.1) is 0 Å². The van der Waals surface area contributed by atoms with Gasteiger partial charge in [-0.1, -0.05) is 0 Å². The van der Waals surface area contributed by atoms with Crippen molar-refractivity contribution in [3.8, 4) is 0 Å². The van der Waals surface area contributed by atoms with Crippen molar-refractivity contribution in [2.75, 3.05) is 24.6 Å². The predicted molar refractivity (Wildman–Crippen MR) is 49.6 cm³/mol. The predicted octanol–water partition coefficient (Wildman–Crippen LogP) is 0.0282. The lowest BCUT2D eigenvalue weighted by atomic mass is 10.2. The Hall–Kier alpha value is -0.220. The van der Waals surface area contributed by atoms with E-state index in [1.807, 2.05) is 6.92 Å². The molecule has 4 heteroatoms. The number of carbonyl (C=O) groups is 1. The minimum absolute atomic E-state index is 0.00213. The van der Waals surface area contributed by atoms with Crippen LogP contribution in [0.4, 0.5) is 0 Å². The summed E-state index contributed by atoms with van der Waals surface area (Å²) in [5.74, 6) is 1.64. The molecular weight excluding hydrogens is 174 g/mol. The summed E-state index contributed by atoms with van der Waals surface area (Å²) in [4.78, 5) is 13.1. The lowest BCUT2D eigenvalue weighted by molar-refractivity contribution is -0.121. The van der Waals surface area contributed by atoms with Gasteiger partial charge in [-0.25, -0.2) is 0 Å². The second kappa shape index (κ2) is 4.14. The highest BCUT2D eigenvalue weighted by atomic mass is 32.2. The molecule has 1 aliphatic rings. The number of hydrogen-bond acceptors (Lipinski definition) is 3. The zero-order chi connectivity index (χ0) is 9.14. The summed E-state index contributed by atoms with van der Waals surface area (Å²) in [7, 11) is -0.644. The van der Waals surface area contributed by atoms with Crippen LogP contribution < -0.4 is 0 Å². The third-order valence-corrected chi connectivity index (χ3v) is 3.62. The molecule has 0 aliphatic carbocycles. The van der Waals surface area contributed by atoms with Crippen LogP contribution in [-0.4, -0.2) is 45.5 Å². The maximum absolute atomic E-state index is 11.0. The zero-order valence-corrected chi connectivity index (χ0v) is 8.39. The fourth-order valence-electron chi connectivity index (χ4n) is 1.30. The highest BCUT2D eigenvalue weighted by Gasteiger charge is 2.22. The molecule has 0 bridgehead atoms. The molecule has 0 N–H and O–H groups in total. The second-order valence-corrected chi connectivity index (χ2v) is 4.87. The van der Waals surface area contributed by atoms with Gasteiger partial charge in [-0.15, -0.1) is 0 Å². The maximum atomic E-state index is 11.0. The molecule has 0 amide bonds. The Balaban J connectivity index is 2.44. The average Bonchev–Trinajstić information content (AvgIpc) is 2.04. The lowest BCUT2D eigenvalue weighted by Gasteiger charge is -2.30. The third-order valence-electron chi connectivity index (χ3n) is 2.35. The highest BCUT2D eigenvalue weighted by molar-refractivity contribution is 7.85. The Labute approximate surface area is 75.6 Å². The molecule has 1 saturated heterocycles. The van der Waals surface area contributed by atoms with Crippen LogP contribution in [0.25, 0.3) is 0 Å². The van der Waals surface area contributed by atoms with Gasteiger partial charge in [-0.2, -0.15) is 0 Å². The number of carbonyl (C=O) groups excluding carboxylic acids is 1. The summed E-state index contributed by atoms with van der Waals surface area (Å²) in [6, 6.07) is 0.00213. The number of rotatable bonds is 2. The molecule has 0 radical (unpaired) electrons. The first-order valence-corrected chi connectivity index (χ1v) is 5.69. The molecule has 3 nitrogen and oxygen atoms in total. The zero-order valence-electron chi connectivity index (χ0n) is 7.58. The van der Waals surface area contributed by atoms with Gasteiger partial charge in [-0.3, -0.25) is 13.9 Å². The van der Waals surface area contributed by atoms with E-state index in [0.29, 0.717) is 0 Å². The summed E-state index contributed by atoms with van der Waals surface area (Å²) < 4.78 is 11.0. The van der Waals surface area contributed by atoms with Gasteiger partial charge in [0, 0.05) is 35.4 Å². The average molecular weight is 189 g/mol. The van der Waals surface area contributed by atoms with Gasteiger partial charge in [0.2, 0.25) is 0 Å². The molecule has 1 rings (SSSR count). The molecule has 0 aromatic rings. The molecule has 0 spiro atoms. The van der Waals surface area contributed by atoms with Crippen molar-refractivity contribution in [2.45, 2.75) is 19.9 Å². The van der Waals surface area contributed by atoms with E-state index in [9.17, 15) is 9.00 Å². The number of nitrogens with zero attached hydrogens (tertiary/aromatic N) is 1. The normalized spacial score (nSPS) is 23.8. The standard InChI is InChI=1S/C8H15NO2S/c1-7(8(2)10)9-3-5-12(11)6-4-9/h7H,3-6H2,1-2H3. The summed E-state index contributed by atoms with van der Waals surface area (Å²) in [6.07, 6.45) is 0. The van der Waals surface area contributed by atoms with Crippen molar-refractivity contribution in [3.05, 3.63) is 0 Å². The SMILES string of the molecule is CC(=O)C(C)N1CCS(=O)CC1.